The maximum Gasteiger partial charge on any atom is 0.314 e. The van der Waals surface area contributed by atoms with Gasteiger partial charge in [0.15, 0.2) is 22.3 Å². The largest absolute Gasteiger partial charge is 0.454 e. The quantitative estimate of drug-likeness (QED) is 0.158. The van der Waals surface area contributed by atoms with Crippen LogP contribution < -0.4 is 9.47 Å². The molecule has 2 aliphatic rings. The third-order valence-electron chi connectivity index (χ3n) is 8.85. The van der Waals surface area contributed by atoms with Crippen LogP contribution in [0.15, 0.2) is 40.8 Å². The Bertz CT molecular complexity index is 1640. The van der Waals surface area contributed by atoms with Crippen LogP contribution in [0.4, 0.5) is 4.39 Å². The van der Waals surface area contributed by atoms with Gasteiger partial charge < -0.3 is 13.9 Å². The number of rotatable bonds is 7. The van der Waals surface area contributed by atoms with Gasteiger partial charge >= 0.3 is 11.9 Å². The average Bonchev–Trinajstić information content (AvgIpc) is 3.63. The topological polar surface area (TPSA) is 113 Å². The van der Waals surface area contributed by atoms with Crippen LogP contribution in [0.2, 0.25) is 0 Å². The molecular weight excluding hydrogens is 573 g/mol. The fraction of sp³-hybridized carbons (Fsp3) is 0.424. The van der Waals surface area contributed by atoms with Gasteiger partial charge in [0.05, 0.1) is 11.8 Å². The molecule has 224 valence electrons. The lowest BCUT2D eigenvalue weighted by Gasteiger charge is -2.25. The second kappa shape index (κ2) is 12.0. The molecule has 10 heteroatoms. The number of halogens is 1. The van der Waals surface area contributed by atoms with Gasteiger partial charge in [0, 0.05) is 17.2 Å². The monoisotopic (exact) mass is 605 g/mol. The Morgan fingerprint density at radius 2 is 1.30 bits per heavy atom. The number of ether oxygens (including phenoxy) is 2. The molecule has 8 nitrogen and oxygen atoms in total. The van der Waals surface area contributed by atoms with Crippen molar-refractivity contribution in [2.24, 2.45) is 23.7 Å². The van der Waals surface area contributed by atoms with Gasteiger partial charge in [-0.1, -0.05) is 0 Å². The van der Waals surface area contributed by atoms with Crippen LogP contribution in [-0.2, 0) is 19.2 Å². The van der Waals surface area contributed by atoms with Crippen molar-refractivity contribution in [3.63, 3.8) is 0 Å². The number of fused-ring (bicyclic) bond motifs is 2. The third-order valence-corrected chi connectivity index (χ3v) is 9.94. The molecule has 43 heavy (non-hydrogen) atoms. The lowest BCUT2D eigenvalue weighted by Crippen LogP contribution is -2.28. The molecule has 0 N–H and O–H groups in total. The smallest absolute Gasteiger partial charge is 0.314 e. The standard InChI is InChI=1S/C33H32FNO7S/c1-17(36)19-3-7-21(8-4-19)32(38)41-26-13-14-27(42-33(39)22-9-5-20(6-10-22)18(2)37)30-29(26)35-31(43-30)28-16-23-15-24(34)11-12-25(23)40-28/h11-16,19-22H,3-10H2,1-2H3. The number of esters is 2. The second-order valence-electron chi connectivity index (χ2n) is 11.7. The lowest BCUT2D eigenvalue weighted by molar-refractivity contribution is -0.141. The number of carbonyl (C=O) groups is 4. The van der Waals surface area contributed by atoms with Crippen LogP contribution >= 0.6 is 11.3 Å². The summed E-state index contributed by atoms with van der Waals surface area (Å²) in [5, 5.41) is 1.03. The number of Topliss-reactive ketones (excluding diaryl/α,β-unsaturated/α-hetero) is 2. The molecular formula is C33H32FNO7S. The zero-order valence-corrected chi connectivity index (χ0v) is 24.8. The van der Waals surface area contributed by atoms with Crippen molar-refractivity contribution < 1.29 is 37.5 Å². The van der Waals surface area contributed by atoms with E-state index in [4.69, 9.17) is 18.9 Å². The number of ketones is 2. The number of nitrogens with zero attached hydrogens (tertiary/aromatic N) is 1. The van der Waals surface area contributed by atoms with Gasteiger partial charge in [-0.15, -0.1) is 11.3 Å². The first-order valence-electron chi connectivity index (χ1n) is 14.7. The Labute approximate surface area is 251 Å². The van der Waals surface area contributed by atoms with E-state index in [0.29, 0.717) is 89.1 Å². The van der Waals surface area contributed by atoms with Crippen LogP contribution in [0.25, 0.3) is 32.0 Å². The number of furan rings is 1. The van der Waals surface area contributed by atoms with Gasteiger partial charge in [0.25, 0.3) is 0 Å². The summed E-state index contributed by atoms with van der Waals surface area (Å²) in [6.07, 6.45) is 4.93. The number of benzene rings is 2. The highest BCUT2D eigenvalue weighted by molar-refractivity contribution is 7.22. The van der Waals surface area contributed by atoms with E-state index in [9.17, 15) is 23.6 Å². The first kappa shape index (κ1) is 29.2. The van der Waals surface area contributed by atoms with Crippen molar-refractivity contribution in [3.8, 4) is 22.3 Å². The summed E-state index contributed by atoms with van der Waals surface area (Å²) in [6.45, 7) is 3.18. The molecule has 6 rings (SSSR count). The summed E-state index contributed by atoms with van der Waals surface area (Å²) in [4.78, 5) is 54.6. The number of hydrogen-bond donors (Lipinski definition) is 0. The third kappa shape index (κ3) is 6.11. The van der Waals surface area contributed by atoms with Crippen molar-refractivity contribution in [3.05, 3.63) is 42.2 Å². The molecule has 0 spiro atoms. The molecule has 0 atom stereocenters. The van der Waals surface area contributed by atoms with E-state index < -0.39 is 0 Å². The minimum Gasteiger partial charge on any atom is -0.454 e. The fourth-order valence-electron chi connectivity index (χ4n) is 6.20. The highest BCUT2D eigenvalue weighted by atomic mass is 32.1. The molecule has 2 heterocycles. The van der Waals surface area contributed by atoms with Crippen LogP contribution in [0.5, 0.6) is 11.5 Å². The molecule has 0 amide bonds. The molecule has 0 saturated heterocycles. The van der Waals surface area contributed by atoms with Crippen molar-refractivity contribution in [1.82, 2.24) is 4.98 Å². The first-order chi connectivity index (χ1) is 20.7. The number of thiazole rings is 1. The minimum absolute atomic E-state index is 0.0106. The molecule has 0 unspecified atom stereocenters. The van der Waals surface area contributed by atoms with E-state index in [1.807, 2.05) is 0 Å². The minimum atomic E-state index is -0.387. The molecule has 2 aliphatic carbocycles. The predicted molar refractivity (Wildman–Crippen MR) is 158 cm³/mol. The molecule has 2 aromatic heterocycles. The molecule has 4 aromatic rings. The molecule has 2 saturated carbocycles. The van der Waals surface area contributed by atoms with E-state index in [1.165, 1.54) is 23.5 Å². The van der Waals surface area contributed by atoms with Gasteiger partial charge in [-0.2, -0.15) is 0 Å². The highest BCUT2D eigenvalue weighted by Crippen LogP contribution is 2.43. The van der Waals surface area contributed by atoms with Crippen LogP contribution in [0, 0.1) is 29.5 Å². The summed E-state index contributed by atoms with van der Waals surface area (Å²) in [6, 6.07) is 9.10. The van der Waals surface area contributed by atoms with Crippen molar-refractivity contribution >= 4 is 56.0 Å². The van der Waals surface area contributed by atoms with Crippen LogP contribution in [0.1, 0.15) is 65.2 Å². The normalized spacial score (nSPS) is 22.4. The maximum atomic E-state index is 13.8. The molecule has 2 fully saturated rings. The Kier molecular flexibility index (Phi) is 8.13. The summed E-state index contributed by atoms with van der Waals surface area (Å²) >= 11 is 1.22. The maximum absolute atomic E-state index is 13.8. The van der Waals surface area contributed by atoms with Gasteiger partial charge in [0.2, 0.25) is 0 Å². The zero-order valence-electron chi connectivity index (χ0n) is 24.0. The first-order valence-corrected chi connectivity index (χ1v) is 15.5. The van der Waals surface area contributed by atoms with Gasteiger partial charge in [-0.05, 0) is 102 Å². The summed E-state index contributed by atoms with van der Waals surface area (Å²) in [5.41, 5.74) is 0.847. The Morgan fingerprint density at radius 3 is 1.88 bits per heavy atom. The molecule has 0 bridgehead atoms. The fourth-order valence-corrected chi connectivity index (χ4v) is 7.19. The van der Waals surface area contributed by atoms with Gasteiger partial charge in [-0.3, -0.25) is 19.2 Å². The van der Waals surface area contributed by atoms with Crippen molar-refractivity contribution in [2.75, 3.05) is 0 Å². The van der Waals surface area contributed by atoms with Crippen molar-refractivity contribution in [2.45, 2.75) is 65.2 Å². The van der Waals surface area contributed by atoms with E-state index >= 15 is 0 Å². The summed E-state index contributed by atoms with van der Waals surface area (Å²) in [7, 11) is 0. The number of hydrogen-bond acceptors (Lipinski definition) is 9. The van der Waals surface area contributed by atoms with Crippen molar-refractivity contribution in [1.29, 1.82) is 0 Å². The SMILES string of the molecule is CC(=O)C1CCC(C(=O)Oc2ccc(OC(=O)C3CCC(C(C)=O)CC3)c3sc(-c4cc5cc(F)ccc5o4)nc23)CC1. The molecule has 0 aliphatic heterocycles. The van der Waals surface area contributed by atoms with E-state index in [2.05, 4.69) is 0 Å². The second-order valence-corrected chi connectivity index (χ2v) is 12.7. The Morgan fingerprint density at radius 1 is 0.767 bits per heavy atom. The lowest BCUT2D eigenvalue weighted by atomic mass is 9.80. The predicted octanol–water partition coefficient (Wildman–Crippen LogP) is 7.45. The van der Waals surface area contributed by atoms with Crippen LogP contribution in [-0.4, -0.2) is 28.5 Å². The molecule has 2 aromatic carbocycles. The van der Waals surface area contributed by atoms with Gasteiger partial charge in [-0.25, -0.2) is 9.37 Å². The zero-order chi connectivity index (χ0) is 30.2. The van der Waals surface area contributed by atoms with E-state index in [-0.39, 0.29) is 58.7 Å². The average molecular weight is 606 g/mol. The van der Waals surface area contributed by atoms with Crippen LogP contribution in [0.3, 0.4) is 0 Å². The molecule has 0 radical (unpaired) electrons. The van der Waals surface area contributed by atoms with Gasteiger partial charge in [0.1, 0.15) is 33.2 Å². The highest BCUT2D eigenvalue weighted by Gasteiger charge is 2.32. The Balaban J connectivity index is 1.29. The Hall–Kier alpha value is -3.92. The number of aromatic nitrogens is 1. The van der Waals surface area contributed by atoms with E-state index in [0.717, 1.165) is 0 Å². The summed E-state index contributed by atoms with van der Waals surface area (Å²) in [5.74, 6) is -0.574. The summed E-state index contributed by atoms with van der Waals surface area (Å²) < 4.78 is 32.0. The number of carbonyl (C=O) groups excluding carboxylic acids is 4. The van der Waals surface area contributed by atoms with E-state index in [1.54, 1.807) is 38.1 Å².